The SMILES string of the molecule is CCN(CC)S(=O)(=O)c1ccc(=O)n(CCOc2ccccc2C(C)=O)c1. The van der Waals surface area contributed by atoms with Crippen LogP contribution in [-0.4, -0.2) is 42.8 Å². The van der Waals surface area contributed by atoms with Gasteiger partial charge in [-0.1, -0.05) is 26.0 Å². The van der Waals surface area contributed by atoms with Crippen LogP contribution in [0.15, 0.2) is 52.3 Å². The molecule has 1 heterocycles. The highest BCUT2D eigenvalue weighted by Gasteiger charge is 2.22. The average Bonchev–Trinajstić information content (AvgIpc) is 2.64. The van der Waals surface area contributed by atoms with Crippen molar-refractivity contribution in [1.82, 2.24) is 8.87 Å². The Kier molecular flexibility index (Phi) is 6.92. The molecule has 1 aromatic carbocycles. The van der Waals surface area contributed by atoms with Crippen molar-refractivity contribution < 1.29 is 17.9 Å². The van der Waals surface area contributed by atoms with Crippen molar-refractivity contribution in [3.05, 3.63) is 58.5 Å². The fourth-order valence-electron chi connectivity index (χ4n) is 2.69. The predicted molar refractivity (Wildman–Crippen MR) is 103 cm³/mol. The van der Waals surface area contributed by atoms with E-state index in [1.165, 1.54) is 34.1 Å². The lowest BCUT2D eigenvalue weighted by molar-refractivity contribution is 0.101. The van der Waals surface area contributed by atoms with Crippen LogP contribution in [0, 0.1) is 0 Å². The van der Waals surface area contributed by atoms with Crippen LogP contribution >= 0.6 is 0 Å². The monoisotopic (exact) mass is 392 g/mol. The van der Waals surface area contributed by atoms with Gasteiger partial charge in [-0.3, -0.25) is 9.59 Å². The summed E-state index contributed by atoms with van der Waals surface area (Å²) in [5, 5.41) is 0. The maximum atomic E-state index is 12.6. The Morgan fingerprint density at radius 1 is 1.11 bits per heavy atom. The van der Waals surface area contributed by atoms with Gasteiger partial charge in [0, 0.05) is 25.4 Å². The van der Waals surface area contributed by atoms with E-state index >= 15 is 0 Å². The Balaban J connectivity index is 2.19. The van der Waals surface area contributed by atoms with Gasteiger partial charge in [0.25, 0.3) is 5.56 Å². The van der Waals surface area contributed by atoms with Crippen LogP contribution in [0.25, 0.3) is 0 Å². The number of sulfonamides is 1. The number of para-hydroxylation sites is 1. The minimum absolute atomic E-state index is 0.0648. The molecular formula is C19H24N2O5S. The van der Waals surface area contributed by atoms with E-state index in [0.717, 1.165) is 0 Å². The van der Waals surface area contributed by atoms with Crippen LogP contribution in [0.5, 0.6) is 5.75 Å². The number of Topliss-reactive ketones (excluding diaryl/α,β-unsaturated/α-hetero) is 1. The molecule has 27 heavy (non-hydrogen) atoms. The van der Waals surface area contributed by atoms with Crippen molar-refractivity contribution in [1.29, 1.82) is 0 Å². The molecule has 2 rings (SSSR count). The molecule has 0 spiro atoms. The van der Waals surface area contributed by atoms with E-state index in [4.69, 9.17) is 4.74 Å². The topological polar surface area (TPSA) is 85.7 Å². The van der Waals surface area contributed by atoms with Crippen molar-refractivity contribution >= 4 is 15.8 Å². The van der Waals surface area contributed by atoms with Gasteiger partial charge in [-0.15, -0.1) is 0 Å². The van der Waals surface area contributed by atoms with Crippen molar-refractivity contribution in [2.45, 2.75) is 32.2 Å². The number of benzene rings is 1. The molecule has 8 heteroatoms. The van der Waals surface area contributed by atoms with Crippen LogP contribution in [-0.2, 0) is 16.6 Å². The van der Waals surface area contributed by atoms with E-state index in [1.807, 2.05) is 0 Å². The molecule has 0 aliphatic rings. The van der Waals surface area contributed by atoms with Gasteiger partial charge in [-0.2, -0.15) is 4.31 Å². The first-order valence-electron chi connectivity index (χ1n) is 8.74. The second-order valence-corrected chi connectivity index (χ2v) is 7.82. The van der Waals surface area contributed by atoms with Crippen LogP contribution in [0.2, 0.25) is 0 Å². The molecule has 1 aromatic heterocycles. The number of pyridine rings is 1. The molecule has 0 fully saturated rings. The highest BCUT2D eigenvalue weighted by molar-refractivity contribution is 7.89. The standard InChI is InChI=1S/C19H24N2O5S/c1-4-21(5-2)27(24,25)16-10-11-19(23)20(14-16)12-13-26-18-9-7-6-8-17(18)15(3)22/h6-11,14H,4-5,12-13H2,1-3H3. The fraction of sp³-hybridized carbons (Fsp3) is 0.368. The van der Waals surface area contributed by atoms with Crippen molar-refractivity contribution in [3.8, 4) is 5.75 Å². The van der Waals surface area contributed by atoms with E-state index in [1.54, 1.807) is 38.1 Å². The van der Waals surface area contributed by atoms with Gasteiger partial charge in [0.1, 0.15) is 12.4 Å². The number of carbonyl (C=O) groups is 1. The van der Waals surface area contributed by atoms with E-state index in [9.17, 15) is 18.0 Å². The Labute approximate surface area is 159 Å². The second kappa shape index (κ2) is 8.96. The number of hydrogen-bond acceptors (Lipinski definition) is 5. The summed E-state index contributed by atoms with van der Waals surface area (Å²) in [5.41, 5.74) is 0.139. The maximum Gasteiger partial charge on any atom is 0.250 e. The molecule has 7 nitrogen and oxygen atoms in total. The van der Waals surface area contributed by atoms with Crippen molar-refractivity contribution in [2.24, 2.45) is 0 Å². The van der Waals surface area contributed by atoms with Gasteiger partial charge in [0.05, 0.1) is 17.0 Å². The first-order chi connectivity index (χ1) is 12.8. The smallest absolute Gasteiger partial charge is 0.250 e. The van der Waals surface area contributed by atoms with Gasteiger partial charge in [-0.05, 0) is 25.1 Å². The Hall–Kier alpha value is -2.45. The first kappa shape index (κ1) is 20.9. The highest BCUT2D eigenvalue weighted by atomic mass is 32.2. The normalized spacial score (nSPS) is 11.6. The molecule has 0 bridgehead atoms. The third kappa shape index (κ3) is 4.84. The summed E-state index contributed by atoms with van der Waals surface area (Å²) in [7, 11) is -3.65. The van der Waals surface area contributed by atoms with E-state index in [0.29, 0.717) is 24.4 Å². The predicted octanol–water partition coefficient (Wildman–Crippen LogP) is 2.16. The molecule has 0 atom stereocenters. The summed E-state index contributed by atoms with van der Waals surface area (Å²) in [6.45, 7) is 5.96. The number of ketones is 1. The zero-order valence-corrected chi connectivity index (χ0v) is 16.5. The number of ether oxygens (including phenoxy) is 1. The molecule has 0 amide bonds. The lowest BCUT2D eigenvalue weighted by atomic mass is 10.1. The number of rotatable bonds is 9. The summed E-state index contributed by atoms with van der Waals surface area (Å²) in [5.74, 6) is 0.319. The van der Waals surface area contributed by atoms with Gasteiger partial charge < -0.3 is 9.30 Å². The van der Waals surface area contributed by atoms with Crippen molar-refractivity contribution in [2.75, 3.05) is 19.7 Å². The quantitative estimate of drug-likeness (QED) is 0.611. The van der Waals surface area contributed by atoms with Gasteiger partial charge >= 0.3 is 0 Å². The Bertz CT molecular complexity index is 962. The van der Waals surface area contributed by atoms with E-state index < -0.39 is 10.0 Å². The zero-order chi connectivity index (χ0) is 20.0. The highest BCUT2D eigenvalue weighted by Crippen LogP contribution is 2.18. The molecule has 2 aromatic rings. The average molecular weight is 392 g/mol. The molecule has 146 valence electrons. The fourth-order valence-corrected chi connectivity index (χ4v) is 4.17. The summed E-state index contributed by atoms with van der Waals surface area (Å²) in [4.78, 5) is 23.8. The minimum Gasteiger partial charge on any atom is -0.491 e. The third-order valence-electron chi connectivity index (χ3n) is 4.16. The largest absolute Gasteiger partial charge is 0.491 e. The number of nitrogens with zero attached hydrogens (tertiary/aromatic N) is 2. The van der Waals surface area contributed by atoms with Gasteiger partial charge in [0.15, 0.2) is 5.78 Å². The summed E-state index contributed by atoms with van der Waals surface area (Å²) in [6, 6.07) is 9.40. The number of carbonyl (C=O) groups excluding carboxylic acids is 1. The van der Waals surface area contributed by atoms with Crippen LogP contribution in [0.4, 0.5) is 0 Å². The van der Waals surface area contributed by atoms with Crippen LogP contribution in [0.1, 0.15) is 31.1 Å². The Morgan fingerprint density at radius 3 is 2.41 bits per heavy atom. The van der Waals surface area contributed by atoms with Crippen LogP contribution < -0.4 is 10.3 Å². The molecule has 0 aliphatic carbocycles. The van der Waals surface area contributed by atoms with Crippen LogP contribution in [0.3, 0.4) is 0 Å². The minimum atomic E-state index is -3.65. The van der Waals surface area contributed by atoms with E-state index in [2.05, 4.69) is 0 Å². The molecule has 0 N–H and O–H groups in total. The molecule has 0 radical (unpaired) electrons. The zero-order valence-electron chi connectivity index (χ0n) is 15.7. The lowest BCUT2D eigenvalue weighted by Gasteiger charge is -2.19. The number of hydrogen-bond donors (Lipinski definition) is 0. The number of aromatic nitrogens is 1. The molecule has 0 unspecified atom stereocenters. The van der Waals surface area contributed by atoms with Crippen molar-refractivity contribution in [3.63, 3.8) is 0 Å². The van der Waals surface area contributed by atoms with Gasteiger partial charge in [0.2, 0.25) is 10.0 Å². The van der Waals surface area contributed by atoms with E-state index in [-0.39, 0.29) is 29.4 Å². The first-order valence-corrected chi connectivity index (χ1v) is 10.2. The summed E-state index contributed by atoms with van der Waals surface area (Å²) >= 11 is 0. The Morgan fingerprint density at radius 2 is 1.78 bits per heavy atom. The molecule has 0 saturated heterocycles. The lowest BCUT2D eigenvalue weighted by Crippen LogP contribution is -2.32. The summed E-state index contributed by atoms with van der Waals surface area (Å²) < 4.78 is 33.5. The summed E-state index contributed by atoms with van der Waals surface area (Å²) in [6.07, 6.45) is 1.33. The van der Waals surface area contributed by atoms with Gasteiger partial charge in [-0.25, -0.2) is 8.42 Å². The molecule has 0 saturated carbocycles. The molecular weight excluding hydrogens is 368 g/mol. The maximum absolute atomic E-state index is 12.6. The third-order valence-corrected chi connectivity index (χ3v) is 6.19. The second-order valence-electron chi connectivity index (χ2n) is 5.89. The molecule has 0 aliphatic heterocycles.